The van der Waals surface area contributed by atoms with Crippen LogP contribution in [-0.4, -0.2) is 38.9 Å². The monoisotopic (exact) mass is 318 g/mol. The van der Waals surface area contributed by atoms with Crippen molar-refractivity contribution >= 4 is 11.9 Å². The maximum absolute atomic E-state index is 12.4. The average molecular weight is 318 g/mol. The highest BCUT2D eigenvalue weighted by Crippen LogP contribution is 2.18. The van der Waals surface area contributed by atoms with Crippen molar-refractivity contribution in [3.8, 4) is 5.75 Å². The van der Waals surface area contributed by atoms with Gasteiger partial charge in [0.25, 0.3) is 5.91 Å². The summed E-state index contributed by atoms with van der Waals surface area (Å²) >= 11 is 0. The van der Waals surface area contributed by atoms with E-state index in [0.717, 1.165) is 0 Å². The van der Waals surface area contributed by atoms with Crippen LogP contribution in [0.3, 0.4) is 0 Å². The lowest BCUT2D eigenvalue weighted by molar-refractivity contribution is 0.0696. The molecule has 1 heterocycles. The molecule has 1 unspecified atom stereocenters. The third-order valence-electron chi connectivity index (χ3n) is 3.33. The van der Waals surface area contributed by atoms with Crippen LogP contribution in [0, 0.1) is 0 Å². The van der Waals surface area contributed by atoms with Crippen LogP contribution in [0.25, 0.3) is 0 Å². The Morgan fingerprint density at radius 3 is 2.65 bits per heavy atom. The molecule has 0 spiro atoms. The number of carboxylic acids is 1. The fourth-order valence-corrected chi connectivity index (χ4v) is 2.17. The number of ether oxygens (including phenoxy) is 1. The summed E-state index contributed by atoms with van der Waals surface area (Å²) in [5.74, 6) is -0.608. The lowest BCUT2D eigenvalue weighted by atomic mass is 10.1. The molecule has 0 fully saturated rings. The average Bonchev–Trinajstić information content (AvgIpc) is 3.02. The van der Waals surface area contributed by atoms with Crippen LogP contribution in [0.2, 0.25) is 0 Å². The molecule has 0 saturated carbocycles. The number of nitrogens with zero attached hydrogens (tertiary/aromatic N) is 3. The number of aromatic nitrogens is 3. The van der Waals surface area contributed by atoms with Gasteiger partial charge in [0.15, 0.2) is 0 Å². The van der Waals surface area contributed by atoms with Crippen LogP contribution in [0.5, 0.6) is 5.75 Å². The van der Waals surface area contributed by atoms with Gasteiger partial charge < -0.3 is 15.2 Å². The molecule has 0 radical (unpaired) electrons. The minimum Gasteiger partial charge on any atom is -0.497 e. The van der Waals surface area contributed by atoms with Gasteiger partial charge in [-0.15, -0.1) is 0 Å². The van der Waals surface area contributed by atoms with E-state index in [4.69, 9.17) is 9.84 Å². The van der Waals surface area contributed by atoms with E-state index >= 15 is 0 Å². The zero-order chi connectivity index (χ0) is 17.0. The van der Waals surface area contributed by atoms with E-state index in [1.165, 1.54) is 31.6 Å². The summed E-state index contributed by atoms with van der Waals surface area (Å²) in [6, 6.07) is 3.77. The molecule has 2 aromatic rings. The Morgan fingerprint density at radius 2 is 2.04 bits per heavy atom. The summed E-state index contributed by atoms with van der Waals surface area (Å²) < 4.78 is 6.72. The molecule has 0 aliphatic carbocycles. The van der Waals surface area contributed by atoms with Crippen molar-refractivity contribution in [1.29, 1.82) is 0 Å². The second kappa shape index (κ2) is 6.91. The SMILES string of the molecule is CCn1ncnc1C(C)NC(=O)c1cc(OC)cc(C(=O)O)c1. The number of carbonyl (C=O) groups excluding carboxylic acids is 1. The second-order valence-corrected chi connectivity index (χ2v) is 4.88. The summed E-state index contributed by atoms with van der Waals surface area (Å²) in [7, 11) is 1.41. The van der Waals surface area contributed by atoms with E-state index in [1.54, 1.807) is 11.6 Å². The molecule has 1 amide bonds. The Morgan fingerprint density at radius 1 is 1.35 bits per heavy atom. The van der Waals surface area contributed by atoms with Gasteiger partial charge in [0.05, 0.1) is 18.7 Å². The van der Waals surface area contributed by atoms with Crippen molar-refractivity contribution in [2.75, 3.05) is 7.11 Å². The Labute approximate surface area is 133 Å². The van der Waals surface area contributed by atoms with E-state index in [1.807, 2.05) is 6.92 Å². The smallest absolute Gasteiger partial charge is 0.335 e. The molecule has 0 saturated heterocycles. The predicted octanol–water partition coefficient (Wildman–Crippen LogP) is 1.50. The number of carboxylic acid groups (broad SMARTS) is 1. The van der Waals surface area contributed by atoms with Gasteiger partial charge in [-0.2, -0.15) is 5.10 Å². The number of benzene rings is 1. The Balaban J connectivity index is 2.23. The summed E-state index contributed by atoms with van der Waals surface area (Å²) in [6.45, 7) is 4.35. The van der Waals surface area contributed by atoms with Gasteiger partial charge in [-0.05, 0) is 32.0 Å². The normalized spacial score (nSPS) is 11.8. The molecule has 8 heteroatoms. The van der Waals surface area contributed by atoms with E-state index in [0.29, 0.717) is 18.1 Å². The van der Waals surface area contributed by atoms with Crippen LogP contribution in [0.1, 0.15) is 46.4 Å². The van der Waals surface area contributed by atoms with Gasteiger partial charge >= 0.3 is 5.97 Å². The molecule has 1 aromatic heterocycles. The van der Waals surface area contributed by atoms with E-state index in [-0.39, 0.29) is 17.2 Å². The van der Waals surface area contributed by atoms with Crippen LogP contribution in [0.15, 0.2) is 24.5 Å². The minimum absolute atomic E-state index is 0.0149. The minimum atomic E-state index is -1.13. The predicted molar refractivity (Wildman–Crippen MR) is 81.5 cm³/mol. The maximum atomic E-state index is 12.4. The van der Waals surface area contributed by atoms with Crippen molar-refractivity contribution < 1.29 is 19.4 Å². The van der Waals surface area contributed by atoms with Crippen LogP contribution >= 0.6 is 0 Å². The molecule has 2 N–H and O–H groups in total. The maximum Gasteiger partial charge on any atom is 0.335 e. The fraction of sp³-hybridized carbons (Fsp3) is 0.333. The van der Waals surface area contributed by atoms with E-state index in [2.05, 4.69) is 15.4 Å². The highest BCUT2D eigenvalue weighted by molar-refractivity contribution is 5.98. The molecular formula is C15H18N4O4. The molecule has 1 aromatic carbocycles. The first-order valence-corrected chi connectivity index (χ1v) is 7.07. The number of aromatic carboxylic acids is 1. The first-order valence-electron chi connectivity index (χ1n) is 7.07. The number of carbonyl (C=O) groups is 2. The highest BCUT2D eigenvalue weighted by Gasteiger charge is 2.18. The number of methoxy groups -OCH3 is 1. The number of amides is 1. The van der Waals surface area contributed by atoms with E-state index in [9.17, 15) is 9.59 Å². The Kier molecular flexibility index (Phi) is 4.95. The highest BCUT2D eigenvalue weighted by atomic mass is 16.5. The van der Waals surface area contributed by atoms with Crippen molar-refractivity contribution in [3.05, 3.63) is 41.5 Å². The molecule has 122 valence electrons. The fourth-order valence-electron chi connectivity index (χ4n) is 2.17. The molecule has 0 aliphatic heterocycles. The van der Waals surface area contributed by atoms with Crippen LogP contribution in [0.4, 0.5) is 0 Å². The zero-order valence-corrected chi connectivity index (χ0v) is 13.1. The molecule has 8 nitrogen and oxygen atoms in total. The second-order valence-electron chi connectivity index (χ2n) is 4.88. The summed E-state index contributed by atoms with van der Waals surface area (Å²) in [6.07, 6.45) is 1.43. The van der Waals surface area contributed by atoms with Crippen molar-refractivity contribution in [1.82, 2.24) is 20.1 Å². The Bertz CT molecular complexity index is 726. The molecule has 0 aliphatic rings. The summed E-state index contributed by atoms with van der Waals surface area (Å²) in [5, 5.41) is 15.9. The molecule has 0 bridgehead atoms. The zero-order valence-electron chi connectivity index (χ0n) is 13.1. The van der Waals surface area contributed by atoms with E-state index < -0.39 is 11.9 Å². The topological polar surface area (TPSA) is 106 Å². The van der Waals surface area contributed by atoms with Gasteiger partial charge in [-0.1, -0.05) is 0 Å². The third kappa shape index (κ3) is 3.65. The number of nitrogens with one attached hydrogen (secondary N) is 1. The van der Waals surface area contributed by atoms with Crippen molar-refractivity contribution in [2.45, 2.75) is 26.4 Å². The Hall–Kier alpha value is -2.90. The number of hydrogen-bond donors (Lipinski definition) is 2. The molecule has 1 atom stereocenters. The van der Waals surface area contributed by atoms with Gasteiger partial charge in [-0.3, -0.25) is 4.79 Å². The first-order chi connectivity index (χ1) is 11.0. The summed E-state index contributed by atoms with van der Waals surface area (Å²) in [5.41, 5.74) is 0.190. The standard InChI is InChI=1S/C15H18N4O4/c1-4-19-13(16-8-17-19)9(2)18-14(20)10-5-11(15(21)22)7-12(6-10)23-3/h5-9H,4H2,1-3H3,(H,18,20)(H,21,22). The third-order valence-corrected chi connectivity index (χ3v) is 3.33. The first kappa shape index (κ1) is 16.5. The number of hydrogen-bond acceptors (Lipinski definition) is 5. The van der Waals surface area contributed by atoms with Gasteiger partial charge in [0.2, 0.25) is 0 Å². The lowest BCUT2D eigenvalue weighted by Gasteiger charge is -2.14. The molecule has 23 heavy (non-hydrogen) atoms. The molecular weight excluding hydrogens is 300 g/mol. The van der Waals surface area contributed by atoms with Crippen molar-refractivity contribution in [3.63, 3.8) is 0 Å². The largest absolute Gasteiger partial charge is 0.497 e. The quantitative estimate of drug-likeness (QED) is 0.836. The number of aryl methyl sites for hydroxylation is 1. The van der Waals surface area contributed by atoms with Gasteiger partial charge in [0.1, 0.15) is 17.9 Å². The van der Waals surface area contributed by atoms with Crippen LogP contribution in [-0.2, 0) is 6.54 Å². The molecule has 2 rings (SSSR count). The van der Waals surface area contributed by atoms with Crippen molar-refractivity contribution in [2.24, 2.45) is 0 Å². The van der Waals surface area contributed by atoms with Gasteiger partial charge in [0, 0.05) is 12.1 Å². The van der Waals surface area contributed by atoms with Crippen LogP contribution < -0.4 is 10.1 Å². The van der Waals surface area contributed by atoms with Gasteiger partial charge in [-0.25, -0.2) is 14.5 Å². The lowest BCUT2D eigenvalue weighted by Crippen LogP contribution is -2.29. The number of rotatable bonds is 6. The summed E-state index contributed by atoms with van der Waals surface area (Å²) in [4.78, 5) is 27.6.